The number of methoxy groups -OCH3 is 1. The maximum absolute atomic E-state index is 13.3. The van der Waals surface area contributed by atoms with Crippen molar-refractivity contribution in [1.29, 1.82) is 0 Å². The number of piperazine rings is 1. The number of amides is 3. The summed E-state index contributed by atoms with van der Waals surface area (Å²) < 4.78 is 11.0. The molecule has 4 aromatic carbocycles. The van der Waals surface area contributed by atoms with Crippen LogP contribution in [0.2, 0.25) is 0 Å². The fourth-order valence-corrected chi connectivity index (χ4v) is 9.97. The number of fused-ring (bicyclic) bond motifs is 3. The first-order valence-corrected chi connectivity index (χ1v) is 23.8. The zero-order valence-electron chi connectivity index (χ0n) is 33.7. The number of aromatic nitrogens is 2. The lowest BCUT2D eigenvalue weighted by atomic mass is 10.0. The van der Waals surface area contributed by atoms with Crippen LogP contribution in [-0.4, -0.2) is 89.1 Å². The molecule has 0 radical (unpaired) electrons. The van der Waals surface area contributed by atoms with Gasteiger partial charge in [-0.1, -0.05) is 91.7 Å². The average Bonchev–Trinajstić information content (AvgIpc) is 3.23. The van der Waals surface area contributed by atoms with Crippen LogP contribution in [0.4, 0.5) is 4.79 Å². The molecule has 1 N–H and O–H groups in total. The second kappa shape index (κ2) is 19.4. The molecule has 58 heavy (non-hydrogen) atoms. The van der Waals surface area contributed by atoms with Gasteiger partial charge in [0.2, 0.25) is 0 Å². The molecule has 0 bridgehead atoms. The summed E-state index contributed by atoms with van der Waals surface area (Å²) in [6.07, 6.45) is 7.21. The van der Waals surface area contributed by atoms with E-state index in [0.29, 0.717) is 49.6 Å². The molecule has 0 spiro atoms. The normalized spacial score (nSPS) is 12.9. The van der Waals surface area contributed by atoms with Crippen molar-refractivity contribution in [2.24, 2.45) is 0 Å². The van der Waals surface area contributed by atoms with E-state index < -0.39 is 5.60 Å². The molecule has 14 heteroatoms. The predicted octanol–water partition coefficient (Wildman–Crippen LogP) is 10.3. The Morgan fingerprint density at radius 1 is 0.741 bits per heavy atom. The Morgan fingerprint density at radius 2 is 1.34 bits per heavy atom. The van der Waals surface area contributed by atoms with Crippen molar-refractivity contribution in [3.8, 4) is 5.75 Å². The largest absolute Gasteiger partial charge is 0.495 e. The third-order valence-corrected chi connectivity index (χ3v) is 12.9. The summed E-state index contributed by atoms with van der Waals surface area (Å²) in [4.78, 5) is 53.1. The number of rotatable bonds is 9. The van der Waals surface area contributed by atoms with Gasteiger partial charge in [-0.05, 0) is 92.4 Å². The fourth-order valence-electron chi connectivity index (χ4n) is 6.63. The highest BCUT2D eigenvalue weighted by atomic mass is 33.1. The van der Waals surface area contributed by atoms with Gasteiger partial charge < -0.3 is 24.6 Å². The Bertz CT molecular complexity index is 2450. The number of ether oxygens (including phenoxy) is 2. The van der Waals surface area contributed by atoms with Gasteiger partial charge in [-0.2, -0.15) is 0 Å². The molecule has 6 aromatic rings. The summed E-state index contributed by atoms with van der Waals surface area (Å²) in [7, 11) is 8.15. The second-order valence-electron chi connectivity index (χ2n) is 14.4. The minimum Gasteiger partial charge on any atom is -0.495 e. The van der Waals surface area contributed by atoms with Crippen molar-refractivity contribution in [1.82, 2.24) is 25.1 Å². The van der Waals surface area contributed by atoms with Gasteiger partial charge in [-0.3, -0.25) is 19.6 Å². The summed E-state index contributed by atoms with van der Waals surface area (Å²) in [6, 6.07) is 25.8. The summed E-state index contributed by atoms with van der Waals surface area (Å²) in [5.74, 6) is 0.497. The summed E-state index contributed by atoms with van der Waals surface area (Å²) in [5, 5.41) is 7.08. The van der Waals surface area contributed by atoms with E-state index >= 15 is 0 Å². The van der Waals surface area contributed by atoms with E-state index in [-0.39, 0.29) is 17.9 Å². The third-order valence-electron chi connectivity index (χ3n) is 9.36. The Labute approximate surface area is 355 Å². The zero-order valence-corrected chi connectivity index (χ0v) is 36.9. The van der Waals surface area contributed by atoms with Crippen LogP contribution in [0.1, 0.15) is 52.6 Å². The predicted molar refractivity (Wildman–Crippen MR) is 242 cm³/mol. The van der Waals surface area contributed by atoms with Gasteiger partial charge in [0.15, 0.2) is 0 Å². The topological polar surface area (TPSA) is 114 Å². The lowest BCUT2D eigenvalue weighted by Crippen LogP contribution is -2.51. The van der Waals surface area contributed by atoms with Gasteiger partial charge in [0, 0.05) is 66.3 Å². The zero-order chi connectivity index (χ0) is 41.4. The Morgan fingerprint density at radius 3 is 1.98 bits per heavy atom. The van der Waals surface area contributed by atoms with Crippen molar-refractivity contribution in [3.05, 3.63) is 114 Å². The standard InChI is InChI=1S/C23H20N2O2S2.C21H27N3O3S2/c1-27-20-13-19(18-8-5-11-24-21(18)22(20)29-28-2)23(26)25-14-15-9-10-16-6-3-4-7-17(16)12-15;1-14-13-16(15-7-6-8-22-17(15)18(14)29-28-5)19(25)23-9-11-24(12-10-23)20(26)27-21(2,3)4/h3-13H,14H2,1-2H3,(H,25,26);6-8,13H,9-12H2,1-5H3. The van der Waals surface area contributed by atoms with Crippen LogP contribution in [0, 0.1) is 6.92 Å². The van der Waals surface area contributed by atoms with E-state index in [1.807, 2.05) is 93.6 Å². The molecule has 1 fully saturated rings. The second-order valence-corrected chi connectivity index (χ2v) is 19.3. The first-order chi connectivity index (χ1) is 27.9. The first-order valence-electron chi connectivity index (χ1n) is 18.7. The molecule has 0 unspecified atom stereocenters. The van der Waals surface area contributed by atoms with E-state index in [1.165, 1.54) is 5.39 Å². The van der Waals surface area contributed by atoms with Crippen molar-refractivity contribution < 1.29 is 23.9 Å². The van der Waals surface area contributed by atoms with Gasteiger partial charge in [-0.25, -0.2) is 4.79 Å². The quantitative estimate of drug-likeness (QED) is 0.140. The van der Waals surface area contributed by atoms with Crippen molar-refractivity contribution >= 4 is 93.7 Å². The number of aryl methyl sites for hydroxylation is 1. The molecule has 3 heterocycles. The van der Waals surface area contributed by atoms with Crippen LogP contribution in [0.15, 0.2) is 101 Å². The third kappa shape index (κ3) is 10.1. The number of nitrogens with one attached hydrogen (secondary N) is 1. The minimum atomic E-state index is -0.524. The summed E-state index contributed by atoms with van der Waals surface area (Å²) in [6.45, 7) is 9.94. The van der Waals surface area contributed by atoms with E-state index in [2.05, 4.69) is 39.6 Å². The SMILES string of the molecule is COc1cc(C(=O)NCc2ccc3ccccc3c2)c2cccnc2c1SSC.CSSc1c(C)cc(C(=O)N2CCN(C(=O)OC(C)(C)C)CC2)c2cccnc12. The Balaban J connectivity index is 0.000000196. The number of nitrogens with zero attached hydrogens (tertiary/aromatic N) is 4. The maximum atomic E-state index is 13.3. The fraction of sp³-hybridized carbons (Fsp3) is 0.295. The Hall–Kier alpha value is -4.63. The number of carbonyl (C=O) groups excluding carboxylic acids is 3. The van der Waals surface area contributed by atoms with Crippen LogP contribution in [0.25, 0.3) is 32.6 Å². The molecule has 1 saturated heterocycles. The number of carbonyl (C=O) groups is 3. The Kier molecular flexibility index (Phi) is 14.4. The lowest BCUT2D eigenvalue weighted by Gasteiger charge is -2.35. The minimum absolute atomic E-state index is 0.0179. The number of hydrogen-bond acceptors (Lipinski definition) is 11. The summed E-state index contributed by atoms with van der Waals surface area (Å²) >= 11 is 0. The van der Waals surface area contributed by atoms with Gasteiger partial charge >= 0.3 is 6.09 Å². The molecule has 1 aliphatic rings. The molecule has 7 rings (SSSR count). The average molecular weight is 854 g/mol. The summed E-state index contributed by atoms with van der Waals surface area (Å²) in [5.41, 5.74) is 4.46. The molecule has 302 valence electrons. The number of hydrogen-bond donors (Lipinski definition) is 1. The molecule has 2 aromatic heterocycles. The van der Waals surface area contributed by atoms with E-state index in [4.69, 9.17) is 9.47 Å². The highest BCUT2D eigenvalue weighted by molar-refractivity contribution is 8.76. The van der Waals surface area contributed by atoms with Gasteiger partial charge in [0.05, 0.1) is 28.6 Å². The van der Waals surface area contributed by atoms with Crippen molar-refractivity contribution in [3.63, 3.8) is 0 Å². The van der Waals surface area contributed by atoms with Crippen molar-refractivity contribution in [2.45, 2.75) is 49.6 Å². The molecular formula is C44H47N5O5S4. The van der Waals surface area contributed by atoms with Crippen LogP contribution < -0.4 is 10.1 Å². The van der Waals surface area contributed by atoms with E-state index in [0.717, 1.165) is 48.1 Å². The van der Waals surface area contributed by atoms with Gasteiger partial charge in [0.25, 0.3) is 11.8 Å². The van der Waals surface area contributed by atoms with Crippen LogP contribution in [-0.2, 0) is 11.3 Å². The highest BCUT2D eigenvalue weighted by Crippen LogP contribution is 2.42. The van der Waals surface area contributed by atoms with Crippen LogP contribution in [0.5, 0.6) is 5.75 Å². The molecular weight excluding hydrogens is 807 g/mol. The smallest absolute Gasteiger partial charge is 0.410 e. The highest BCUT2D eigenvalue weighted by Gasteiger charge is 2.29. The van der Waals surface area contributed by atoms with E-state index in [1.54, 1.807) is 73.6 Å². The molecule has 10 nitrogen and oxygen atoms in total. The number of benzene rings is 4. The molecule has 0 aliphatic carbocycles. The van der Waals surface area contributed by atoms with Crippen molar-refractivity contribution in [2.75, 3.05) is 45.8 Å². The molecule has 0 atom stereocenters. The maximum Gasteiger partial charge on any atom is 0.410 e. The van der Waals surface area contributed by atoms with Gasteiger partial charge in [-0.15, -0.1) is 0 Å². The monoisotopic (exact) mass is 853 g/mol. The van der Waals surface area contributed by atoms with Crippen LogP contribution in [0.3, 0.4) is 0 Å². The molecule has 0 saturated carbocycles. The van der Waals surface area contributed by atoms with E-state index in [9.17, 15) is 14.4 Å². The number of pyridine rings is 2. The molecule has 3 amide bonds. The van der Waals surface area contributed by atoms with Gasteiger partial charge in [0.1, 0.15) is 11.4 Å². The van der Waals surface area contributed by atoms with Crippen LogP contribution >= 0.6 is 43.2 Å². The lowest BCUT2D eigenvalue weighted by molar-refractivity contribution is 0.0141. The first kappa shape index (κ1) is 43.0. The molecule has 1 aliphatic heterocycles.